The van der Waals surface area contributed by atoms with Crippen LogP contribution in [0.4, 0.5) is 0 Å². The molecule has 0 radical (unpaired) electrons. The number of nitrogens with zero attached hydrogens (tertiary/aromatic N) is 2. The molecular formula is C13H19N3O. The number of hydrogen-bond acceptors (Lipinski definition) is 3. The predicted molar refractivity (Wildman–Crippen MR) is 67.9 cm³/mol. The van der Waals surface area contributed by atoms with Crippen LogP contribution in [0.2, 0.25) is 0 Å². The van der Waals surface area contributed by atoms with Crippen LogP contribution in [0.25, 0.3) is 0 Å². The number of amidine groups is 1. The first-order chi connectivity index (χ1) is 8.29. The van der Waals surface area contributed by atoms with Crippen molar-refractivity contribution >= 4 is 5.84 Å². The molecule has 4 nitrogen and oxygen atoms in total. The Labute approximate surface area is 102 Å². The fraction of sp³-hybridized carbons (Fsp3) is 0.462. The molecular weight excluding hydrogens is 214 g/mol. The normalized spacial score (nSPS) is 19.4. The van der Waals surface area contributed by atoms with Crippen molar-refractivity contribution < 1.29 is 5.21 Å². The SMILES string of the molecule is NC(=NO)C1CCN(Cc2ccccc2)CC1. The summed E-state index contributed by atoms with van der Waals surface area (Å²) in [6, 6.07) is 10.5. The molecule has 1 aromatic carbocycles. The van der Waals surface area contributed by atoms with Crippen molar-refractivity contribution in [3.63, 3.8) is 0 Å². The standard InChI is InChI=1S/C13H19N3O/c14-13(15-17)12-6-8-16(9-7-12)10-11-4-2-1-3-5-11/h1-5,12,17H,6-10H2,(H2,14,15). The third-order valence-electron chi connectivity index (χ3n) is 3.37. The van der Waals surface area contributed by atoms with Gasteiger partial charge in [-0.1, -0.05) is 35.5 Å². The number of benzene rings is 1. The van der Waals surface area contributed by atoms with Gasteiger partial charge in [0.15, 0.2) is 0 Å². The van der Waals surface area contributed by atoms with Gasteiger partial charge in [0.05, 0.1) is 0 Å². The van der Waals surface area contributed by atoms with E-state index in [0.717, 1.165) is 32.5 Å². The van der Waals surface area contributed by atoms with Gasteiger partial charge in [-0.15, -0.1) is 0 Å². The second-order valence-electron chi connectivity index (χ2n) is 4.56. The molecule has 0 amide bonds. The predicted octanol–water partition coefficient (Wildman–Crippen LogP) is 1.64. The molecule has 0 aliphatic carbocycles. The first kappa shape index (κ1) is 11.9. The summed E-state index contributed by atoms with van der Waals surface area (Å²) in [5.41, 5.74) is 6.97. The minimum Gasteiger partial charge on any atom is -0.409 e. The van der Waals surface area contributed by atoms with Crippen LogP contribution in [0, 0.1) is 5.92 Å². The number of likely N-dealkylation sites (tertiary alicyclic amines) is 1. The van der Waals surface area contributed by atoms with E-state index in [9.17, 15) is 0 Å². The van der Waals surface area contributed by atoms with Crippen molar-refractivity contribution in [2.75, 3.05) is 13.1 Å². The largest absolute Gasteiger partial charge is 0.409 e. The Hall–Kier alpha value is -1.55. The summed E-state index contributed by atoms with van der Waals surface area (Å²) in [7, 11) is 0. The topological polar surface area (TPSA) is 61.9 Å². The van der Waals surface area contributed by atoms with E-state index in [1.807, 2.05) is 6.07 Å². The number of hydrogen-bond donors (Lipinski definition) is 2. The first-order valence-electron chi connectivity index (χ1n) is 6.03. The maximum Gasteiger partial charge on any atom is 0.142 e. The number of nitrogens with two attached hydrogens (primary N) is 1. The molecule has 1 saturated heterocycles. The van der Waals surface area contributed by atoms with E-state index in [1.165, 1.54) is 5.56 Å². The van der Waals surface area contributed by atoms with Gasteiger partial charge in [0, 0.05) is 12.5 Å². The summed E-state index contributed by atoms with van der Waals surface area (Å²) in [5.74, 6) is 0.622. The summed E-state index contributed by atoms with van der Waals surface area (Å²) in [5, 5.41) is 11.7. The molecule has 17 heavy (non-hydrogen) atoms. The molecule has 4 heteroatoms. The average molecular weight is 233 g/mol. The molecule has 1 aliphatic heterocycles. The third-order valence-corrected chi connectivity index (χ3v) is 3.37. The Morgan fingerprint density at radius 2 is 1.94 bits per heavy atom. The fourth-order valence-electron chi connectivity index (χ4n) is 2.31. The van der Waals surface area contributed by atoms with Gasteiger partial charge >= 0.3 is 0 Å². The quantitative estimate of drug-likeness (QED) is 0.361. The summed E-state index contributed by atoms with van der Waals surface area (Å²) >= 11 is 0. The second-order valence-corrected chi connectivity index (χ2v) is 4.56. The first-order valence-corrected chi connectivity index (χ1v) is 6.03. The molecule has 1 aromatic rings. The summed E-state index contributed by atoms with van der Waals surface area (Å²) in [6.45, 7) is 3.01. The highest BCUT2D eigenvalue weighted by Crippen LogP contribution is 2.18. The van der Waals surface area contributed by atoms with Crippen molar-refractivity contribution in [1.29, 1.82) is 0 Å². The van der Waals surface area contributed by atoms with Gasteiger partial charge in [-0.05, 0) is 31.5 Å². The Kier molecular flexibility index (Phi) is 3.98. The molecule has 92 valence electrons. The van der Waals surface area contributed by atoms with Crippen LogP contribution in [0.3, 0.4) is 0 Å². The number of oxime groups is 1. The molecule has 0 aromatic heterocycles. The van der Waals surface area contributed by atoms with Crippen molar-refractivity contribution in [3.05, 3.63) is 35.9 Å². The zero-order valence-electron chi connectivity index (χ0n) is 9.92. The van der Waals surface area contributed by atoms with E-state index in [-0.39, 0.29) is 5.92 Å². The van der Waals surface area contributed by atoms with Crippen molar-refractivity contribution in [2.24, 2.45) is 16.8 Å². The van der Waals surface area contributed by atoms with E-state index < -0.39 is 0 Å². The molecule has 0 bridgehead atoms. The van der Waals surface area contributed by atoms with E-state index in [1.54, 1.807) is 0 Å². The monoisotopic (exact) mass is 233 g/mol. The van der Waals surface area contributed by atoms with Crippen LogP contribution in [-0.2, 0) is 6.54 Å². The van der Waals surface area contributed by atoms with Crippen LogP contribution in [-0.4, -0.2) is 29.0 Å². The third kappa shape index (κ3) is 3.20. The van der Waals surface area contributed by atoms with Crippen LogP contribution >= 0.6 is 0 Å². The Balaban J connectivity index is 1.84. The molecule has 0 unspecified atom stereocenters. The van der Waals surface area contributed by atoms with E-state index in [2.05, 4.69) is 34.3 Å². The van der Waals surface area contributed by atoms with E-state index in [4.69, 9.17) is 10.9 Å². The molecule has 0 saturated carbocycles. The van der Waals surface area contributed by atoms with Crippen LogP contribution < -0.4 is 5.73 Å². The lowest BCUT2D eigenvalue weighted by Crippen LogP contribution is -2.38. The average Bonchev–Trinajstić information content (AvgIpc) is 2.40. The van der Waals surface area contributed by atoms with Gasteiger partial charge < -0.3 is 10.9 Å². The zero-order chi connectivity index (χ0) is 12.1. The van der Waals surface area contributed by atoms with Gasteiger partial charge in [0.1, 0.15) is 5.84 Å². The highest BCUT2D eigenvalue weighted by Gasteiger charge is 2.22. The van der Waals surface area contributed by atoms with Crippen LogP contribution in [0.15, 0.2) is 35.5 Å². The molecule has 1 fully saturated rings. The highest BCUT2D eigenvalue weighted by molar-refractivity contribution is 5.82. The lowest BCUT2D eigenvalue weighted by molar-refractivity contribution is 0.198. The van der Waals surface area contributed by atoms with Gasteiger partial charge in [0.25, 0.3) is 0 Å². The second kappa shape index (κ2) is 5.68. The Bertz CT molecular complexity index is 370. The van der Waals surface area contributed by atoms with Gasteiger partial charge in [-0.3, -0.25) is 4.90 Å². The number of rotatable bonds is 3. The smallest absolute Gasteiger partial charge is 0.142 e. The van der Waals surface area contributed by atoms with Crippen LogP contribution in [0.5, 0.6) is 0 Å². The zero-order valence-corrected chi connectivity index (χ0v) is 9.92. The van der Waals surface area contributed by atoms with Crippen LogP contribution in [0.1, 0.15) is 18.4 Å². The minimum absolute atomic E-state index is 0.243. The van der Waals surface area contributed by atoms with Gasteiger partial charge in [0.2, 0.25) is 0 Å². The maximum absolute atomic E-state index is 8.64. The summed E-state index contributed by atoms with van der Waals surface area (Å²) in [4.78, 5) is 2.41. The molecule has 3 N–H and O–H groups in total. The lowest BCUT2D eigenvalue weighted by Gasteiger charge is -2.31. The lowest BCUT2D eigenvalue weighted by atomic mass is 9.95. The molecule has 2 rings (SSSR count). The fourth-order valence-corrected chi connectivity index (χ4v) is 2.31. The molecule has 0 spiro atoms. The van der Waals surface area contributed by atoms with E-state index >= 15 is 0 Å². The molecule has 0 atom stereocenters. The molecule has 1 heterocycles. The molecule has 1 aliphatic rings. The summed E-state index contributed by atoms with van der Waals surface area (Å²) < 4.78 is 0. The van der Waals surface area contributed by atoms with Gasteiger partial charge in [-0.25, -0.2) is 0 Å². The highest BCUT2D eigenvalue weighted by atomic mass is 16.4. The minimum atomic E-state index is 0.243. The summed E-state index contributed by atoms with van der Waals surface area (Å²) in [6.07, 6.45) is 1.95. The Morgan fingerprint density at radius 1 is 1.29 bits per heavy atom. The maximum atomic E-state index is 8.64. The Morgan fingerprint density at radius 3 is 2.53 bits per heavy atom. The van der Waals surface area contributed by atoms with E-state index in [0.29, 0.717) is 5.84 Å². The van der Waals surface area contributed by atoms with Crippen molar-refractivity contribution in [3.8, 4) is 0 Å². The van der Waals surface area contributed by atoms with Crippen molar-refractivity contribution in [2.45, 2.75) is 19.4 Å². The van der Waals surface area contributed by atoms with Gasteiger partial charge in [-0.2, -0.15) is 0 Å². The number of piperidine rings is 1. The van der Waals surface area contributed by atoms with Crippen molar-refractivity contribution in [1.82, 2.24) is 4.90 Å².